The molecular weight excluding hydrogens is 444 g/mol. The SMILES string of the molecule is Cc1nn(-c2ccccn2)c2nc(C3CC3)cc(C(=O)N3CCC(C(=O)N4CCOCC4)CC3)c12. The number of ether oxygens (including phenoxy) is 1. The molecule has 3 fully saturated rings. The van der Waals surface area contributed by atoms with E-state index in [9.17, 15) is 9.59 Å². The first kappa shape index (κ1) is 22.2. The van der Waals surface area contributed by atoms with Crippen molar-refractivity contribution in [3.63, 3.8) is 0 Å². The minimum atomic E-state index is -0.0229. The molecule has 6 rings (SSSR count). The van der Waals surface area contributed by atoms with Gasteiger partial charge in [0.05, 0.1) is 29.9 Å². The van der Waals surface area contributed by atoms with Crippen molar-refractivity contribution in [1.82, 2.24) is 29.5 Å². The number of carbonyl (C=O) groups is 2. The van der Waals surface area contributed by atoms with Crippen LogP contribution >= 0.6 is 0 Å². The number of aryl methyl sites for hydroxylation is 1. The molecule has 2 saturated heterocycles. The van der Waals surface area contributed by atoms with Crippen LogP contribution < -0.4 is 0 Å². The number of piperidine rings is 1. The van der Waals surface area contributed by atoms with Gasteiger partial charge in [-0.1, -0.05) is 6.07 Å². The van der Waals surface area contributed by atoms with Crippen LogP contribution in [-0.2, 0) is 9.53 Å². The first-order valence-corrected chi connectivity index (χ1v) is 12.6. The van der Waals surface area contributed by atoms with Gasteiger partial charge in [0.15, 0.2) is 11.5 Å². The largest absolute Gasteiger partial charge is 0.378 e. The topological polar surface area (TPSA) is 93.5 Å². The van der Waals surface area contributed by atoms with Gasteiger partial charge in [-0.15, -0.1) is 0 Å². The lowest BCUT2D eigenvalue weighted by atomic mass is 9.94. The number of morpholine rings is 1. The molecule has 5 heterocycles. The second-order valence-electron chi connectivity index (χ2n) is 9.76. The predicted molar refractivity (Wildman–Crippen MR) is 129 cm³/mol. The Kier molecular flexibility index (Phi) is 5.72. The van der Waals surface area contributed by atoms with E-state index in [1.54, 1.807) is 10.9 Å². The maximum Gasteiger partial charge on any atom is 0.254 e. The maximum atomic E-state index is 13.8. The third-order valence-electron chi connectivity index (χ3n) is 7.38. The summed E-state index contributed by atoms with van der Waals surface area (Å²) >= 11 is 0. The van der Waals surface area contributed by atoms with Gasteiger partial charge >= 0.3 is 0 Å². The number of hydrogen-bond acceptors (Lipinski definition) is 6. The summed E-state index contributed by atoms with van der Waals surface area (Å²) in [5.74, 6) is 1.27. The number of pyridine rings is 2. The molecule has 0 radical (unpaired) electrons. The molecule has 35 heavy (non-hydrogen) atoms. The summed E-state index contributed by atoms with van der Waals surface area (Å²) in [5, 5.41) is 5.51. The Morgan fingerprint density at radius 1 is 1.00 bits per heavy atom. The van der Waals surface area contributed by atoms with Gasteiger partial charge in [-0.2, -0.15) is 9.78 Å². The standard InChI is InChI=1S/C26H30N6O3/c1-17-23-20(26(34)30-10-7-19(8-11-30)25(33)31-12-14-35-15-13-31)16-21(18-5-6-18)28-24(23)32(29-17)22-4-2-3-9-27-22/h2-4,9,16,18-19H,5-8,10-15H2,1H3. The van der Waals surface area contributed by atoms with Crippen molar-refractivity contribution in [2.45, 2.75) is 38.5 Å². The Balaban J connectivity index is 1.28. The fraction of sp³-hybridized carbons (Fsp3) is 0.500. The lowest BCUT2D eigenvalue weighted by Gasteiger charge is -2.35. The van der Waals surface area contributed by atoms with Crippen molar-refractivity contribution in [3.8, 4) is 5.82 Å². The zero-order chi connectivity index (χ0) is 23.9. The second-order valence-corrected chi connectivity index (χ2v) is 9.76. The van der Waals surface area contributed by atoms with Crippen LogP contribution in [0.15, 0.2) is 30.5 Å². The molecule has 0 unspecified atom stereocenters. The number of rotatable bonds is 4. The summed E-state index contributed by atoms with van der Waals surface area (Å²) < 4.78 is 7.13. The molecule has 1 aliphatic carbocycles. The monoisotopic (exact) mass is 474 g/mol. The molecule has 0 bridgehead atoms. The molecule has 3 aromatic rings. The quantitative estimate of drug-likeness (QED) is 0.577. The Labute approximate surface area is 204 Å². The number of fused-ring (bicyclic) bond motifs is 1. The lowest BCUT2D eigenvalue weighted by Crippen LogP contribution is -2.47. The highest BCUT2D eigenvalue weighted by Gasteiger charge is 2.34. The number of carbonyl (C=O) groups excluding carboxylic acids is 2. The Morgan fingerprint density at radius 2 is 1.77 bits per heavy atom. The molecule has 3 aliphatic rings. The zero-order valence-electron chi connectivity index (χ0n) is 20.0. The number of aromatic nitrogens is 4. The Bertz CT molecular complexity index is 1260. The van der Waals surface area contributed by atoms with Crippen LogP contribution in [0.3, 0.4) is 0 Å². The van der Waals surface area contributed by atoms with Crippen molar-refractivity contribution in [3.05, 3.63) is 47.4 Å². The molecule has 1 saturated carbocycles. The van der Waals surface area contributed by atoms with E-state index < -0.39 is 0 Å². The van der Waals surface area contributed by atoms with Crippen LogP contribution in [-0.4, -0.2) is 80.8 Å². The van der Waals surface area contributed by atoms with Crippen LogP contribution in [0.5, 0.6) is 0 Å². The highest BCUT2D eigenvalue weighted by Crippen LogP contribution is 2.41. The summed E-state index contributed by atoms with van der Waals surface area (Å²) in [6, 6.07) is 7.66. The molecule has 0 spiro atoms. The zero-order valence-corrected chi connectivity index (χ0v) is 20.0. The van der Waals surface area contributed by atoms with Gasteiger partial charge in [0, 0.05) is 49.9 Å². The van der Waals surface area contributed by atoms with Gasteiger partial charge in [0.1, 0.15) is 0 Å². The molecule has 9 heteroatoms. The summed E-state index contributed by atoms with van der Waals surface area (Å²) in [4.78, 5) is 39.9. The van der Waals surface area contributed by atoms with Crippen molar-refractivity contribution < 1.29 is 14.3 Å². The highest BCUT2D eigenvalue weighted by molar-refractivity contribution is 6.07. The molecule has 0 aromatic carbocycles. The van der Waals surface area contributed by atoms with Crippen LogP contribution in [0.1, 0.15) is 53.3 Å². The first-order valence-electron chi connectivity index (χ1n) is 12.6. The Hall–Kier alpha value is -3.33. The summed E-state index contributed by atoms with van der Waals surface area (Å²) in [5.41, 5.74) is 3.07. The number of nitrogens with zero attached hydrogens (tertiary/aromatic N) is 6. The normalized spacial score (nSPS) is 19.3. The van der Waals surface area contributed by atoms with Crippen molar-refractivity contribution in [2.24, 2.45) is 5.92 Å². The van der Waals surface area contributed by atoms with Gasteiger partial charge in [-0.25, -0.2) is 9.97 Å². The summed E-state index contributed by atoms with van der Waals surface area (Å²) in [6.07, 6.45) is 5.31. The smallest absolute Gasteiger partial charge is 0.254 e. The maximum absolute atomic E-state index is 13.8. The number of amides is 2. The van der Waals surface area contributed by atoms with Gasteiger partial charge in [0.25, 0.3) is 5.91 Å². The molecule has 9 nitrogen and oxygen atoms in total. The predicted octanol–water partition coefficient (Wildman–Crippen LogP) is 2.71. The Morgan fingerprint density at radius 3 is 2.46 bits per heavy atom. The molecule has 182 valence electrons. The number of hydrogen-bond donors (Lipinski definition) is 0. The molecule has 2 aliphatic heterocycles. The van der Waals surface area contributed by atoms with E-state index >= 15 is 0 Å². The van der Waals surface area contributed by atoms with E-state index in [1.165, 1.54) is 0 Å². The molecule has 0 atom stereocenters. The third-order valence-corrected chi connectivity index (χ3v) is 7.38. The van der Waals surface area contributed by atoms with Crippen molar-refractivity contribution >= 4 is 22.8 Å². The third kappa shape index (κ3) is 4.18. The lowest BCUT2D eigenvalue weighted by molar-refractivity contribution is -0.141. The van der Waals surface area contributed by atoms with Crippen LogP contribution in [0, 0.1) is 12.8 Å². The van der Waals surface area contributed by atoms with Gasteiger partial charge < -0.3 is 14.5 Å². The highest BCUT2D eigenvalue weighted by atomic mass is 16.5. The van der Waals surface area contributed by atoms with Gasteiger partial charge in [0.2, 0.25) is 5.91 Å². The minimum absolute atomic E-state index is 0.000224. The molecule has 3 aromatic heterocycles. The minimum Gasteiger partial charge on any atom is -0.378 e. The van der Waals surface area contributed by atoms with E-state index in [0.717, 1.165) is 29.6 Å². The van der Waals surface area contributed by atoms with Crippen LogP contribution in [0.25, 0.3) is 16.9 Å². The average Bonchev–Trinajstić information content (AvgIpc) is 3.72. The molecule has 0 N–H and O–H groups in total. The molecular formula is C26H30N6O3. The fourth-order valence-electron chi connectivity index (χ4n) is 5.25. The van der Waals surface area contributed by atoms with Crippen LogP contribution in [0.2, 0.25) is 0 Å². The number of likely N-dealkylation sites (tertiary alicyclic amines) is 1. The average molecular weight is 475 g/mol. The first-order chi connectivity index (χ1) is 17.1. The van der Waals surface area contributed by atoms with E-state index in [2.05, 4.69) is 4.98 Å². The van der Waals surface area contributed by atoms with Crippen molar-refractivity contribution in [1.29, 1.82) is 0 Å². The van der Waals surface area contributed by atoms with Crippen LogP contribution in [0.4, 0.5) is 0 Å². The van der Waals surface area contributed by atoms with E-state index in [1.807, 2.05) is 41.0 Å². The van der Waals surface area contributed by atoms with Crippen molar-refractivity contribution in [2.75, 3.05) is 39.4 Å². The summed E-state index contributed by atoms with van der Waals surface area (Å²) in [7, 11) is 0. The summed E-state index contributed by atoms with van der Waals surface area (Å²) in [6.45, 7) is 5.62. The van der Waals surface area contributed by atoms with Gasteiger partial charge in [-0.3, -0.25) is 9.59 Å². The molecule has 2 amide bonds. The fourth-order valence-corrected chi connectivity index (χ4v) is 5.25. The van der Waals surface area contributed by atoms with Gasteiger partial charge in [-0.05, 0) is 50.8 Å². The van der Waals surface area contributed by atoms with E-state index in [-0.39, 0.29) is 17.7 Å². The van der Waals surface area contributed by atoms with E-state index in [4.69, 9.17) is 14.8 Å². The second kappa shape index (κ2) is 9.03. The van der Waals surface area contributed by atoms with E-state index in [0.29, 0.717) is 75.2 Å².